The molecule has 2 aromatic carbocycles. The van der Waals surface area contributed by atoms with Crippen LogP contribution >= 0.6 is 0 Å². The highest BCUT2D eigenvalue weighted by Crippen LogP contribution is 2.23. The first-order valence-electron chi connectivity index (χ1n) is 8.95. The van der Waals surface area contributed by atoms with Crippen molar-refractivity contribution in [3.05, 3.63) is 96.4 Å². The van der Waals surface area contributed by atoms with Crippen molar-refractivity contribution in [2.24, 2.45) is 0 Å². The highest BCUT2D eigenvalue weighted by molar-refractivity contribution is 5.89. The summed E-state index contributed by atoms with van der Waals surface area (Å²) in [6.45, 7) is 0.665. The molecule has 138 valence electrons. The van der Waals surface area contributed by atoms with Gasteiger partial charge in [0.05, 0.1) is 18.4 Å². The normalized spacial score (nSPS) is 10.6. The fourth-order valence-corrected chi connectivity index (χ4v) is 3.08. The number of methoxy groups -OCH3 is 1. The van der Waals surface area contributed by atoms with Crippen molar-refractivity contribution in [2.45, 2.75) is 6.54 Å². The van der Waals surface area contributed by atoms with Gasteiger partial charge in [-0.25, -0.2) is 9.78 Å². The van der Waals surface area contributed by atoms with Gasteiger partial charge < -0.3 is 9.30 Å². The Labute approximate surface area is 163 Å². The molecule has 0 fully saturated rings. The molecule has 0 atom stereocenters. The zero-order valence-electron chi connectivity index (χ0n) is 15.4. The minimum absolute atomic E-state index is 0.331. The Morgan fingerprint density at radius 1 is 0.893 bits per heavy atom. The summed E-state index contributed by atoms with van der Waals surface area (Å²) in [6.07, 6.45) is 5.54. The number of ether oxygens (including phenoxy) is 1. The maximum atomic E-state index is 11.6. The lowest BCUT2D eigenvalue weighted by atomic mass is 10.1. The minimum Gasteiger partial charge on any atom is -0.465 e. The van der Waals surface area contributed by atoms with Crippen LogP contribution in [0.2, 0.25) is 0 Å². The van der Waals surface area contributed by atoms with E-state index in [2.05, 4.69) is 38.8 Å². The van der Waals surface area contributed by atoms with Gasteiger partial charge in [-0.3, -0.25) is 4.98 Å². The molecule has 0 aliphatic heterocycles. The molecule has 0 N–H and O–H groups in total. The van der Waals surface area contributed by atoms with E-state index in [9.17, 15) is 4.79 Å². The molecule has 5 nitrogen and oxygen atoms in total. The van der Waals surface area contributed by atoms with Crippen LogP contribution in [-0.2, 0) is 11.3 Å². The van der Waals surface area contributed by atoms with Crippen LogP contribution in [0.15, 0.2) is 85.3 Å². The van der Waals surface area contributed by atoms with Crippen LogP contribution in [0.1, 0.15) is 15.9 Å². The van der Waals surface area contributed by atoms with Gasteiger partial charge in [0.25, 0.3) is 0 Å². The Bertz CT molecular complexity index is 1070. The van der Waals surface area contributed by atoms with E-state index in [-0.39, 0.29) is 5.97 Å². The van der Waals surface area contributed by atoms with Crippen molar-refractivity contribution in [1.82, 2.24) is 14.5 Å². The fourth-order valence-electron chi connectivity index (χ4n) is 3.08. The zero-order chi connectivity index (χ0) is 19.3. The quantitative estimate of drug-likeness (QED) is 0.488. The molecular weight excluding hydrogens is 350 g/mol. The molecule has 4 aromatic rings. The molecule has 4 rings (SSSR count). The summed E-state index contributed by atoms with van der Waals surface area (Å²) in [5.74, 6) is 0.562. The van der Waals surface area contributed by atoms with Crippen LogP contribution < -0.4 is 0 Å². The lowest BCUT2D eigenvalue weighted by Gasteiger charge is -2.09. The van der Waals surface area contributed by atoms with Crippen LogP contribution in [0.5, 0.6) is 0 Å². The third kappa shape index (κ3) is 3.69. The summed E-state index contributed by atoms with van der Waals surface area (Å²) in [7, 11) is 1.38. The van der Waals surface area contributed by atoms with Crippen molar-refractivity contribution in [3.63, 3.8) is 0 Å². The van der Waals surface area contributed by atoms with E-state index in [1.165, 1.54) is 7.11 Å². The molecule has 5 heteroatoms. The van der Waals surface area contributed by atoms with Gasteiger partial charge in [-0.1, -0.05) is 42.5 Å². The second-order valence-corrected chi connectivity index (χ2v) is 6.36. The summed E-state index contributed by atoms with van der Waals surface area (Å²) in [5.41, 5.74) is 4.68. The minimum atomic E-state index is -0.331. The van der Waals surface area contributed by atoms with Crippen molar-refractivity contribution < 1.29 is 9.53 Å². The van der Waals surface area contributed by atoms with Gasteiger partial charge in [0.2, 0.25) is 0 Å². The van der Waals surface area contributed by atoms with E-state index in [1.54, 1.807) is 24.5 Å². The Kier molecular flexibility index (Phi) is 4.97. The highest BCUT2D eigenvalue weighted by atomic mass is 16.5. The smallest absolute Gasteiger partial charge is 0.337 e. The maximum absolute atomic E-state index is 11.6. The molecule has 0 amide bonds. The van der Waals surface area contributed by atoms with Crippen LogP contribution in [0, 0.1) is 0 Å². The summed E-state index contributed by atoms with van der Waals surface area (Å²) < 4.78 is 6.83. The van der Waals surface area contributed by atoms with Gasteiger partial charge >= 0.3 is 5.97 Å². The lowest BCUT2D eigenvalue weighted by Crippen LogP contribution is -2.03. The molecule has 0 aliphatic rings. The number of rotatable bonds is 5. The standard InChI is InChI=1S/C23H19N3O2/c1-28-23(27)20-7-5-17(6-8-20)16-26-15-14-25-22(26)19-11-9-18(10-12-19)21-4-2-3-13-24-21/h2-15H,16H2,1H3. The predicted molar refractivity (Wildman–Crippen MR) is 108 cm³/mol. The molecule has 28 heavy (non-hydrogen) atoms. The van der Waals surface area contributed by atoms with Crippen molar-refractivity contribution in [1.29, 1.82) is 0 Å². The van der Waals surface area contributed by atoms with Gasteiger partial charge in [-0.15, -0.1) is 0 Å². The Hall–Kier alpha value is -3.73. The van der Waals surface area contributed by atoms with Gasteiger partial charge in [0.1, 0.15) is 5.82 Å². The third-order valence-corrected chi connectivity index (χ3v) is 4.55. The van der Waals surface area contributed by atoms with Crippen LogP contribution in [0.4, 0.5) is 0 Å². The van der Waals surface area contributed by atoms with Crippen LogP contribution in [0.3, 0.4) is 0 Å². The van der Waals surface area contributed by atoms with E-state index >= 15 is 0 Å². The number of benzene rings is 2. The largest absolute Gasteiger partial charge is 0.465 e. The molecule has 2 heterocycles. The average molecular weight is 369 g/mol. The maximum Gasteiger partial charge on any atom is 0.337 e. The molecular formula is C23H19N3O2. The first-order valence-corrected chi connectivity index (χ1v) is 8.95. The number of carbonyl (C=O) groups excluding carboxylic acids is 1. The van der Waals surface area contributed by atoms with Crippen molar-refractivity contribution in [3.8, 4) is 22.6 Å². The second kappa shape index (κ2) is 7.88. The van der Waals surface area contributed by atoms with Gasteiger partial charge in [-0.05, 0) is 29.8 Å². The summed E-state index contributed by atoms with van der Waals surface area (Å²) in [4.78, 5) is 20.5. The number of nitrogens with zero attached hydrogens (tertiary/aromatic N) is 3. The molecule has 0 aliphatic carbocycles. The number of imidazole rings is 1. The molecule has 0 radical (unpaired) electrons. The van der Waals surface area contributed by atoms with Gasteiger partial charge in [0, 0.05) is 36.3 Å². The van der Waals surface area contributed by atoms with Crippen molar-refractivity contribution >= 4 is 5.97 Å². The predicted octanol–water partition coefficient (Wildman–Crippen LogP) is 4.45. The SMILES string of the molecule is COC(=O)c1ccc(Cn2ccnc2-c2ccc(-c3ccccn3)cc2)cc1. The number of hydrogen-bond donors (Lipinski definition) is 0. The molecule has 0 saturated heterocycles. The molecule has 0 spiro atoms. The fraction of sp³-hybridized carbons (Fsp3) is 0.0870. The van der Waals surface area contributed by atoms with Crippen molar-refractivity contribution in [2.75, 3.05) is 7.11 Å². The monoisotopic (exact) mass is 369 g/mol. The Morgan fingerprint density at radius 3 is 2.32 bits per heavy atom. The van der Waals surface area contributed by atoms with Crippen LogP contribution in [0.25, 0.3) is 22.6 Å². The highest BCUT2D eigenvalue weighted by Gasteiger charge is 2.09. The first-order chi connectivity index (χ1) is 13.7. The topological polar surface area (TPSA) is 57.0 Å². The van der Waals surface area contributed by atoms with E-state index in [1.807, 2.05) is 36.5 Å². The Balaban J connectivity index is 1.55. The molecule has 0 bridgehead atoms. The number of pyridine rings is 1. The lowest BCUT2D eigenvalue weighted by molar-refractivity contribution is 0.0600. The summed E-state index contributed by atoms with van der Waals surface area (Å²) in [5, 5.41) is 0. The number of aromatic nitrogens is 3. The average Bonchev–Trinajstić information content (AvgIpc) is 3.22. The Morgan fingerprint density at radius 2 is 1.64 bits per heavy atom. The molecule has 0 saturated carbocycles. The number of carbonyl (C=O) groups is 1. The number of esters is 1. The first kappa shape index (κ1) is 17.7. The molecule has 0 unspecified atom stereocenters. The van der Waals surface area contributed by atoms with E-state index in [0.29, 0.717) is 12.1 Å². The van der Waals surface area contributed by atoms with E-state index in [0.717, 1.165) is 28.2 Å². The zero-order valence-corrected chi connectivity index (χ0v) is 15.4. The van der Waals surface area contributed by atoms with E-state index < -0.39 is 0 Å². The number of hydrogen-bond acceptors (Lipinski definition) is 4. The van der Waals surface area contributed by atoms with E-state index in [4.69, 9.17) is 4.74 Å². The van der Waals surface area contributed by atoms with Gasteiger partial charge in [-0.2, -0.15) is 0 Å². The summed E-state index contributed by atoms with van der Waals surface area (Å²) in [6, 6.07) is 21.5. The summed E-state index contributed by atoms with van der Waals surface area (Å²) >= 11 is 0. The third-order valence-electron chi connectivity index (χ3n) is 4.55. The van der Waals surface area contributed by atoms with Gasteiger partial charge in [0.15, 0.2) is 0 Å². The second-order valence-electron chi connectivity index (χ2n) is 6.36. The van der Waals surface area contributed by atoms with Crippen LogP contribution in [-0.4, -0.2) is 27.6 Å². The molecule has 2 aromatic heterocycles.